The third-order valence-corrected chi connectivity index (χ3v) is 3.05. The molecule has 0 atom stereocenters. The first-order valence-corrected chi connectivity index (χ1v) is 6.89. The molecule has 1 aromatic heterocycles. The number of nitrogens with zero attached hydrogens (tertiary/aromatic N) is 2. The number of aromatic amines is 1. The largest absolute Gasteiger partial charge is 0.466 e. The van der Waals surface area contributed by atoms with Gasteiger partial charge in [0.05, 0.1) is 29.0 Å². The number of nitro groups is 1. The molecule has 0 saturated carbocycles. The molecule has 112 valence electrons. The van der Waals surface area contributed by atoms with Crippen LogP contribution in [0.25, 0.3) is 11.0 Å². The maximum Gasteiger partial charge on any atom is 0.306 e. The number of fused-ring (bicyclic) bond motifs is 1. The number of nitrogens with one attached hydrogen (secondary N) is 1. The van der Waals surface area contributed by atoms with Crippen molar-refractivity contribution in [3.63, 3.8) is 0 Å². The highest BCUT2D eigenvalue weighted by molar-refractivity contribution is 5.78. The summed E-state index contributed by atoms with van der Waals surface area (Å²) in [5.41, 5.74) is 1.24. The summed E-state index contributed by atoms with van der Waals surface area (Å²) in [6, 6.07) is 4.45. The van der Waals surface area contributed by atoms with Gasteiger partial charge < -0.3 is 9.72 Å². The van der Waals surface area contributed by atoms with Gasteiger partial charge >= 0.3 is 5.97 Å². The van der Waals surface area contributed by atoms with Gasteiger partial charge in [-0.25, -0.2) is 4.98 Å². The Balaban J connectivity index is 1.96. The van der Waals surface area contributed by atoms with Crippen LogP contribution in [0.1, 0.15) is 32.0 Å². The van der Waals surface area contributed by atoms with Crippen LogP contribution < -0.4 is 0 Å². The minimum atomic E-state index is -0.459. The van der Waals surface area contributed by atoms with Crippen molar-refractivity contribution >= 4 is 22.7 Å². The predicted molar refractivity (Wildman–Crippen MR) is 76.9 cm³/mol. The molecular weight excluding hydrogens is 274 g/mol. The lowest BCUT2D eigenvalue weighted by atomic mass is 10.3. The quantitative estimate of drug-likeness (QED) is 0.366. The third-order valence-electron chi connectivity index (χ3n) is 3.05. The molecule has 21 heavy (non-hydrogen) atoms. The Morgan fingerprint density at radius 2 is 2.29 bits per heavy atom. The van der Waals surface area contributed by atoms with E-state index in [1.165, 1.54) is 12.1 Å². The fourth-order valence-corrected chi connectivity index (χ4v) is 1.90. The number of ether oxygens (including phenoxy) is 1. The molecular formula is C14H17N3O4. The van der Waals surface area contributed by atoms with Crippen LogP contribution >= 0.6 is 0 Å². The van der Waals surface area contributed by atoms with Gasteiger partial charge in [0.15, 0.2) is 0 Å². The van der Waals surface area contributed by atoms with Gasteiger partial charge in [-0.2, -0.15) is 0 Å². The minimum absolute atomic E-state index is 0.000440. The Hall–Kier alpha value is -2.44. The second kappa shape index (κ2) is 6.83. The van der Waals surface area contributed by atoms with Crippen LogP contribution in [0.3, 0.4) is 0 Å². The average Bonchev–Trinajstić information content (AvgIpc) is 2.87. The van der Waals surface area contributed by atoms with Gasteiger partial charge in [-0.05, 0) is 12.5 Å². The first kappa shape index (κ1) is 15.0. The zero-order valence-corrected chi connectivity index (χ0v) is 11.8. The molecule has 0 saturated heterocycles. The lowest BCUT2D eigenvalue weighted by molar-refractivity contribution is -0.384. The summed E-state index contributed by atoms with van der Waals surface area (Å²) in [7, 11) is 0. The normalized spacial score (nSPS) is 10.7. The molecule has 0 aliphatic carbocycles. The van der Waals surface area contributed by atoms with Gasteiger partial charge in [0.25, 0.3) is 5.69 Å². The van der Waals surface area contributed by atoms with Gasteiger partial charge in [0.2, 0.25) is 0 Å². The second-order valence-corrected chi connectivity index (χ2v) is 4.72. The highest BCUT2D eigenvalue weighted by atomic mass is 16.6. The summed E-state index contributed by atoms with van der Waals surface area (Å²) in [4.78, 5) is 29.0. The molecule has 2 aromatic rings. The number of hydrogen-bond donors (Lipinski definition) is 1. The number of hydrogen-bond acceptors (Lipinski definition) is 5. The standard InChI is InChI=1S/C14H17N3O4/c1-2-3-8-21-14(18)7-6-13-15-11-5-4-10(17(19)20)9-12(11)16-13/h4-5,9H,2-3,6-8H2,1H3,(H,15,16). The van der Waals surface area contributed by atoms with Gasteiger partial charge in [-0.15, -0.1) is 0 Å². The maximum absolute atomic E-state index is 11.5. The highest BCUT2D eigenvalue weighted by Crippen LogP contribution is 2.19. The van der Waals surface area contributed by atoms with Crippen LogP contribution in [0.5, 0.6) is 0 Å². The fourth-order valence-electron chi connectivity index (χ4n) is 1.90. The molecule has 0 bridgehead atoms. The Morgan fingerprint density at radius 1 is 1.48 bits per heavy atom. The molecule has 0 fully saturated rings. The number of rotatable bonds is 7. The number of carbonyl (C=O) groups is 1. The number of aromatic nitrogens is 2. The van der Waals surface area contributed by atoms with E-state index in [0.29, 0.717) is 24.4 Å². The number of carbonyl (C=O) groups excluding carboxylic acids is 1. The van der Waals surface area contributed by atoms with Gasteiger partial charge in [-0.1, -0.05) is 13.3 Å². The highest BCUT2D eigenvalue weighted by Gasteiger charge is 2.11. The summed E-state index contributed by atoms with van der Waals surface area (Å²) < 4.78 is 5.06. The Bertz CT molecular complexity index is 651. The monoisotopic (exact) mass is 291 g/mol. The van der Waals surface area contributed by atoms with Crippen molar-refractivity contribution in [3.05, 3.63) is 34.1 Å². The number of H-pyrrole nitrogens is 1. The van der Waals surface area contributed by atoms with Crippen LogP contribution in [0.4, 0.5) is 5.69 Å². The van der Waals surface area contributed by atoms with Gasteiger partial charge in [-0.3, -0.25) is 14.9 Å². The van der Waals surface area contributed by atoms with Crippen LogP contribution in [-0.4, -0.2) is 27.5 Å². The van der Waals surface area contributed by atoms with Crippen LogP contribution in [0.2, 0.25) is 0 Å². The van der Waals surface area contributed by atoms with E-state index in [1.807, 2.05) is 6.92 Å². The number of non-ortho nitro benzene ring substituents is 1. The lowest BCUT2D eigenvalue weighted by Gasteiger charge is -2.02. The summed E-state index contributed by atoms with van der Waals surface area (Å²) in [5, 5.41) is 10.7. The van der Waals surface area contributed by atoms with E-state index in [9.17, 15) is 14.9 Å². The van der Waals surface area contributed by atoms with E-state index in [2.05, 4.69) is 9.97 Å². The van der Waals surface area contributed by atoms with Gasteiger partial charge in [0.1, 0.15) is 5.82 Å². The molecule has 0 unspecified atom stereocenters. The molecule has 0 amide bonds. The van der Waals surface area contributed by atoms with E-state index in [1.54, 1.807) is 6.07 Å². The number of benzene rings is 1. The first-order chi connectivity index (χ1) is 10.1. The van der Waals surface area contributed by atoms with E-state index < -0.39 is 4.92 Å². The minimum Gasteiger partial charge on any atom is -0.466 e. The fraction of sp³-hybridized carbons (Fsp3) is 0.429. The van der Waals surface area contributed by atoms with Crippen molar-refractivity contribution in [3.8, 4) is 0 Å². The van der Waals surface area contributed by atoms with E-state index in [4.69, 9.17) is 4.74 Å². The lowest BCUT2D eigenvalue weighted by Crippen LogP contribution is -2.07. The van der Waals surface area contributed by atoms with E-state index in [-0.39, 0.29) is 18.1 Å². The Labute approximate surface area is 121 Å². The van der Waals surface area contributed by atoms with Crippen molar-refractivity contribution in [2.75, 3.05) is 6.61 Å². The molecule has 2 rings (SSSR count). The van der Waals surface area contributed by atoms with E-state index >= 15 is 0 Å². The molecule has 0 aliphatic rings. The number of imidazole rings is 1. The molecule has 7 heteroatoms. The number of nitro benzene ring substituents is 1. The summed E-state index contributed by atoms with van der Waals surface area (Å²) >= 11 is 0. The maximum atomic E-state index is 11.5. The predicted octanol–water partition coefficient (Wildman–Crippen LogP) is 2.75. The van der Waals surface area contributed by atoms with Crippen molar-refractivity contribution in [1.29, 1.82) is 0 Å². The molecule has 0 aliphatic heterocycles. The molecule has 1 aromatic carbocycles. The third kappa shape index (κ3) is 4.01. The zero-order chi connectivity index (χ0) is 15.2. The SMILES string of the molecule is CCCCOC(=O)CCc1nc2cc([N+](=O)[O-])ccc2[nH]1. The Kier molecular flexibility index (Phi) is 4.86. The molecule has 1 heterocycles. The summed E-state index contributed by atoms with van der Waals surface area (Å²) in [6.07, 6.45) is 2.51. The zero-order valence-electron chi connectivity index (χ0n) is 11.8. The van der Waals surface area contributed by atoms with Crippen molar-refractivity contribution in [1.82, 2.24) is 9.97 Å². The van der Waals surface area contributed by atoms with Crippen molar-refractivity contribution < 1.29 is 14.5 Å². The molecule has 0 spiro atoms. The van der Waals surface area contributed by atoms with Crippen LogP contribution in [0, 0.1) is 10.1 Å². The first-order valence-electron chi connectivity index (χ1n) is 6.89. The molecule has 7 nitrogen and oxygen atoms in total. The van der Waals surface area contributed by atoms with Crippen LogP contribution in [0.15, 0.2) is 18.2 Å². The van der Waals surface area contributed by atoms with Crippen LogP contribution in [-0.2, 0) is 16.0 Å². The van der Waals surface area contributed by atoms with Crippen molar-refractivity contribution in [2.45, 2.75) is 32.6 Å². The van der Waals surface area contributed by atoms with Gasteiger partial charge in [0, 0.05) is 18.6 Å². The van der Waals surface area contributed by atoms with E-state index in [0.717, 1.165) is 18.4 Å². The summed E-state index contributed by atoms with van der Waals surface area (Å²) in [5.74, 6) is 0.368. The second-order valence-electron chi connectivity index (χ2n) is 4.72. The number of aryl methyl sites for hydroxylation is 1. The number of unbranched alkanes of at least 4 members (excludes halogenated alkanes) is 1. The topological polar surface area (TPSA) is 98.1 Å². The van der Waals surface area contributed by atoms with Crippen molar-refractivity contribution in [2.24, 2.45) is 0 Å². The summed E-state index contributed by atoms with van der Waals surface area (Å²) in [6.45, 7) is 2.48. The smallest absolute Gasteiger partial charge is 0.306 e. The number of esters is 1. The Morgan fingerprint density at radius 3 is 3.00 bits per heavy atom. The molecule has 1 N–H and O–H groups in total. The average molecular weight is 291 g/mol. The molecule has 0 radical (unpaired) electrons.